The Bertz CT molecular complexity index is 618. The maximum absolute atomic E-state index is 14.1. The lowest BCUT2D eigenvalue weighted by Gasteiger charge is -2.17. The molecule has 0 aliphatic heterocycles. The Labute approximate surface area is 135 Å². The molecule has 1 unspecified atom stereocenters. The minimum Gasteiger partial charge on any atom is -0.496 e. The second kappa shape index (κ2) is 7.33. The molecule has 21 heavy (non-hydrogen) atoms. The summed E-state index contributed by atoms with van der Waals surface area (Å²) in [5.41, 5.74) is 0.0858. The van der Waals surface area contributed by atoms with E-state index in [4.69, 9.17) is 4.74 Å². The van der Waals surface area contributed by atoms with Crippen LogP contribution < -0.4 is 10.1 Å². The molecule has 114 valence electrons. The van der Waals surface area contributed by atoms with Crippen LogP contribution in [0.5, 0.6) is 5.75 Å². The van der Waals surface area contributed by atoms with Crippen LogP contribution in [-0.4, -0.2) is 13.7 Å². The van der Waals surface area contributed by atoms with Crippen molar-refractivity contribution in [3.8, 4) is 5.75 Å². The summed E-state index contributed by atoms with van der Waals surface area (Å²) in [6, 6.07) is 4.40. The average molecular weight is 376 g/mol. The van der Waals surface area contributed by atoms with E-state index < -0.39 is 11.6 Å². The number of hydrogen-bond donors (Lipinski definition) is 1. The summed E-state index contributed by atoms with van der Waals surface area (Å²) >= 11 is 4.61. The van der Waals surface area contributed by atoms with E-state index in [0.29, 0.717) is 6.54 Å². The summed E-state index contributed by atoms with van der Waals surface area (Å²) in [5, 5.41) is 5.15. The van der Waals surface area contributed by atoms with Crippen LogP contribution in [0.2, 0.25) is 0 Å². The van der Waals surface area contributed by atoms with Gasteiger partial charge in [0.25, 0.3) is 0 Å². The van der Waals surface area contributed by atoms with Gasteiger partial charge >= 0.3 is 0 Å². The maximum atomic E-state index is 14.1. The fraction of sp³-hybridized carbons (Fsp3) is 0.333. The van der Waals surface area contributed by atoms with Gasteiger partial charge in [-0.2, -0.15) is 0 Å². The third-order valence-electron chi connectivity index (χ3n) is 3.17. The normalized spacial score (nSPS) is 12.4. The van der Waals surface area contributed by atoms with E-state index in [1.165, 1.54) is 23.5 Å². The van der Waals surface area contributed by atoms with E-state index in [0.717, 1.165) is 10.6 Å². The summed E-state index contributed by atoms with van der Waals surface area (Å²) in [7, 11) is 1.60. The van der Waals surface area contributed by atoms with E-state index in [2.05, 4.69) is 21.2 Å². The number of ether oxygens (including phenoxy) is 1. The highest BCUT2D eigenvalue weighted by Gasteiger charge is 2.20. The lowest BCUT2D eigenvalue weighted by atomic mass is 10.0. The van der Waals surface area contributed by atoms with Gasteiger partial charge in [-0.25, -0.2) is 8.78 Å². The summed E-state index contributed by atoms with van der Waals surface area (Å²) in [6.07, 6.45) is 0.245. The molecule has 6 heteroatoms. The number of likely N-dealkylation sites (N-methyl/N-ethyl adjacent to an activating group) is 1. The van der Waals surface area contributed by atoms with Crippen molar-refractivity contribution in [1.82, 2.24) is 5.32 Å². The van der Waals surface area contributed by atoms with Crippen LogP contribution in [0, 0.1) is 11.6 Å². The number of rotatable bonds is 6. The first-order valence-electron chi connectivity index (χ1n) is 6.55. The summed E-state index contributed by atoms with van der Waals surface area (Å²) in [6.45, 7) is 2.67. The lowest BCUT2D eigenvalue weighted by molar-refractivity contribution is 0.415. The number of nitrogens with one attached hydrogen (secondary N) is 1. The smallest absolute Gasteiger partial charge is 0.143 e. The Kier molecular flexibility index (Phi) is 5.72. The van der Waals surface area contributed by atoms with E-state index >= 15 is 0 Å². The van der Waals surface area contributed by atoms with E-state index in [1.54, 1.807) is 7.11 Å². The highest BCUT2D eigenvalue weighted by molar-refractivity contribution is 9.10. The fourth-order valence-corrected chi connectivity index (χ4v) is 3.41. The molecule has 2 rings (SSSR count). The van der Waals surface area contributed by atoms with Gasteiger partial charge in [-0.3, -0.25) is 0 Å². The van der Waals surface area contributed by atoms with Crippen molar-refractivity contribution in [3.63, 3.8) is 0 Å². The molecule has 1 atom stereocenters. The van der Waals surface area contributed by atoms with Crippen molar-refractivity contribution in [2.75, 3.05) is 13.7 Å². The van der Waals surface area contributed by atoms with Crippen LogP contribution in [-0.2, 0) is 6.42 Å². The third-order valence-corrected chi connectivity index (χ3v) is 4.81. The van der Waals surface area contributed by atoms with Crippen molar-refractivity contribution < 1.29 is 13.5 Å². The van der Waals surface area contributed by atoms with Crippen LogP contribution in [0.25, 0.3) is 0 Å². The predicted molar refractivity (Wildman–Crippen MR) is 85.1 cm³/mol. The summed E-state index contributed by atoms with van der Waals surface area (Å²) in [5.74, 6) is -0.309. The van der Waals surface area contributed by atoms with Crippen LogP contribution >= 0.6 is 27.3 Å². The monoisotopic (exact) mass is 375 g/mol. The van der Waals surface area contributed by atoms with Gasteiger partial charge < -0.3 is 10.1 Å². The first-order valence-corrected chi connectivity index (χ1v) is 8.22. The van der Waals surface area contributed by atoms with Crippen LogP contribution in [0.1, 0.15) is 23.4 Å². The average Bonchev–Trinajstić information content (AvgIpc) is 2.95. The third kappa shape index (κ3) is 3.81. The first kappa shape index (κ1) is 16.4. The number of halogens is 3. The number of methoxy groups -OCH3 is 1. The van der Waals surface area contributed by atoms with Gasteiger partial charge in [-0.05, 0) is 47.1 Å². The molecule has 1 N–H and O–H groups in total. The van der Waals surface area contributed by atoms with Crippen molar-refractivity contribution in [3.05, 3.63) is 50.1 Å². The van der Waals surface area contributed by atoms with Crippen LogP contribution in [0.4, 0.5) is 8.78 Å². The Balaban J connectivity index is 2.30. The molecular formula is C15H16BrF2NOS. The molecule has 0 bridgehead atoms. The highest BCUT2D eigenvalue weighted by atomic mass is 79.9. The second-order valence-corrected chi connectivity index (χ2v) is 6.32. The van der Waals surface area contributed by atoms with E-state index in [-0.39, 0.29) is 22.5 Å². The molecular weight excluding hydrogens is 360 g/mol. The minimum absolute atomic E-state index is 0.0858. The van der Waals surface area contributed by atoms with Gasteiger partial charge in [0.15, 0.2) is 0 Å². The molecule has 0 saturated heterocycles. The maximum Gasteiger partial charge on any atom is 0.143 e. The molecule has 0 spiro atoms. The zero-order valence-electron chi connectivity index (χ0n) is 11.8. The lowest BCUT2D eigenvalue weighted by Crippen LogP contribution is -2.23. The minimum atomic E-state index is -0.540. The van der Waals surface area contributed by atoms with Crippen molar-refractivity contribution in [1.29, 1.82) is 0 Å². The van der Waals surface area contributed by atoms with Crippen LogP contribution in [0.15, 0.2) is 28.1 Å². The molecule has 0 aliphatic rings. The second-order valence-electron chi connectivity index (χ2n) is 4.53. The molecule has 0 fully saturated rings. The van der Waals surface area contributed by atoms with Crippen molar-refractivity contribution >= 4 is 27.3 Å². The molecule has 2 nitrogen and oxygen atoms in total. The SMILES string of the molecule is CCNC(Cc1c(F)ccc(Br)c1F)c1cc(OC)cs1. The molecule has 2 aromatic rings. The molecule has 1 aromatic heterocycles. The highest BCUT2D eigenvalue weighted by Crippen LogP contribution is 2.31. The van der Waals surface area contributed by atoms with Gasteiger partial charge in [-0.1, -0.05) is 6.92 Å². The number of benzene rings is 1. The Morgan fingerprint density at radius 1 is 1.38 bits per heavy atom. The summed E-state index contributed by atoms with van der Waals surface area (Å²) < 4.78 is 33.5. The predicted octanol–water partition coefficient (Wildman–Crippen LogP) is 4.69. The van der Waals surface area contributed by atoms with Crippen LogP contribution in [0.3, 0.4) is 0 Å². The standard InChI is InChI=1S/C15H16BrF2NOS/c1-3-19-13(14-6-9(20-2)8-21-14)7-10-12(17)5-4-11(16)15(10)18/h4-6,8,13,19H,3,7H2,1-2H3. The zero-order valence-corrected chi connectivity index (χ0v) is 14.2. The van der Waals surface area contributed by atoms with Gasteiger partial charge in [0.1, 0.15) is 17.4 Å². The summed E-state index contributed by atoms with van der Waals surface area (Å²) in [4.78, 5) is 0.993. The van der Waals surface area contributed by atoms with E-state index in [9.17, 15) is 8.78 Å². The molecule has 1 heterocycles. The Morgan fingerprint density at radius 3 is 2.76 bits per heavy atom. The Hall–Kier alpha value is -0.980. The van der Waals surface area contributed by atoms with Gasteiger partial charge in [0.2, 0.25) is 0 Å². The van der Waals surface area contributed by atoms with Gasteiger partial charge in [-0.15, -0.1) is 11.3 Å². The topological polar surface area (TPSA) is 21.3 Å². The molecule has 0 amide bonds. The van der Waals surface area contributed by atoms with Crippen molar-refractivity contribution in [2.45, 2.75) is 19.4 Å². The zero-order chi connectivity index (χ0) is 15.4. The molecule has 0 aliphatic carbocycles. The largest absolute Gasteiger partial charge is 0.496 e. The molecule has 0 radical (unpaired) electrons. The van der Waals surface area contributed by atoms with Gasteiger partial charge in [0.05, 0.1) is 11.6 Å². The molecule has 0 saturated carbocycles. The number of thiophene rings is 1. The van der Waals surface area contributed by atoms with Crippen molar-refractivity contribution in [2.24, 2.45) is 0 Å². The fourth-order valence-electron chi connectivity index (χ4n) is 2.10. The first-order chi connectivity index (χ1) is 10.1. The number of hydrogen-bond acceptors (Lipinski definition) is 3. The van der Waals surface area contributed by atoms with Gasteiger partial charge in [0, 0.05) is 21.9 Å². The Morgan fingerprint density at radius 2 is 2.14 bits per heavy atom. The molecule has 1 aromatic carbocycles. The van der Waals surface area contributed by atoms with E-state index in [1.807, 2.05) is 18.4 Å². The quantitative estimate of drug-likeness (QED) is 0.739.